The molecule has 5 heterocycles. The summed E-state index contributed by atoms with van der Waals surface area (Å²) in [5.41, 5.74) is 1.71. The Hall–Kier alpha value is -2.49. The highest BCUT2D eigenvalue weighted by atomic mass is 35.5. The highest BCUT2D eigenvalue weighted by Crippen LogP contribution is 2.21. The molecule has 1 aliphatic heterocycles. The Morgan fingerprint density at radius 1 is 1.04 bits per heavy atom. The van der Waals surface area contributed by atoms with Gasteiger partial charge < -0.3 is 9.88 Å². The standard InChI is InChI=1S/C17H19N9.2ClH/c1-4-20-17-21-13(11-25(17)8-1)10-24-9-7-19-16(24)15-12-26(23-22-15)14-2-5-18-6-3-14;;/h1,4,7-9,11-12,14,18H,2-3,5-6,10H2;2*1H. The lowest BCUT2D eigenvalue weighted by Gasteiger charge is -2.22. The normalized spacial score (nSPS) is 14.6. The molecule has 0 amide bonds. The SMILES string of the molecule is Cl.Cl.c1cnc2nc(Cn3ccnc3-c3cn(C4CCNCC4)nn3)cn2c1. The van der Waals surface area contributed by atoms with E-state index in [-0.39, 0.29) is 24.8 Å². The second-order valence-corrected chi connectivity index (χ2v) is 6.50. The molecule has 5 rings (SSSR count). The molecule has 4 aromatic heterocycles. The minimum Gasteiger partial charge on any atom is -0.324 e. The third-order valence-electron chi connectivity index (χ3n) is 4.76. The van der Waals surface area contributed by atoms with Crippen LogP contribution < -0.4 is 5.32 Å². The molecule has 11 heteroatoms. The monoisotopic (exact) mass is 421 g/mol. The molecule has 9 nitrogen and oxygen atoms in total. The van der Waals surface area contributed by atoms with Crippen molar-refractivity contribution in [2.75, 3.05) is 13.1 Å². The van der Waals surface area contributed by atoms with Crippen LogP contribution >= 0.6 is 24.8 Å². The second-order valence-electron chi connectivity index (χ2n) is 6.50. The van der Waals surface area contributed by atoms with Crippen LogP contribution in [0.5, 0.6) is 0 Å². The van der Waals surface area contributed by atoms with Crippen molar-refractivity contribution in [2.45, 2.75) is 25.4 Å². The molecule has 0 unspecified atom stereocenters. The van der Waals surface area contributed by atoms with E-state index in [2.05, 4.69) is 30.6 Å². The van der Waals surface area contributed by atoms with E-state index in [9.17, 15) is 0 Å². The average molecular weight is 422 g/mol. The van der Waals surface area contributed by atoms with Gasteiger partial charge >= 0.3 is 0 Å². The van der Waals surface area contributed by atoms with Gasteiger partial charge in [-0.2, -0.15) is 0 Å². The molecule has 4 aromatic rings. The average Bonchev–Trinajstić information content (AvgIpc) is 3.41. The number of nitrogens with one attached hydrogen (secondary N) is 1. The zero-order chi connectivity index (χ0) is 17.3. The molecule has 1 saturated heterocycles. The molecule has 1 fully saturated rings. The molecule has 0 spiro atoms. The Labute approximate surface area is 174 Å². The fourth-order valence-electron chi connectivity index (χ4n) is 3.43. The maximum atomic E-state index is 4.56. The van der Waals surface area contributed by atoms with E-state index in [1.165, 1.54) is 0 Å². The maximum absolute atomic E-state index is 4.56. The van der Waals surface area contributed by atoms with Gasteiger partial charge in [-0.25, -0.2) is 19.6 Å². The van der Waals surface area contributed by atoms with Gasteiger partial charge in [-0.1, -0.05) is 5.21 Å². The van der Waals surface area contributed by atoms with E-state index in [0.717, 1.165) is 43.1 Å². The van der Waals surface area contributed by atoms with Crippen LogP contribution in [-0.2, 0) is 6.54 Å². The zero-order valence-corrected chi connectivity index (χ0v) is 16.7. The maximum Gasteiger partial charge on any atom is 0.233 e. The fourth-order valence-corrected chi connectivity index (χ4v) is 3.43. The van der Waals surface area contributed by atoms with E-state index in [1.54, 1.807) is 12.4 Å². The number of rotatable bonds is 4. The van der Waals surface area contributed by atoms with Crippen molar-refractivity contribution < 1.29 is 0 Å². The highest BCUT2D eigenvalue weighted by Gasteiger charge is 2.18. The number of aromatic nitrogens is 8. The van der Waals surface area contributed by atoms with Crippen molar-refractivity contribution in [2.24, 2.45) is 0 Å². The van der Waals surface area contributed by atoms with E-state index in [1.807, 2.05) is 44.5 Å². The largest absolute Gasteiger partial charge is 0.324 e. The number of fused-ring (bicyclic) bond motifs is 1. The predicted octanol–water partition coefficient (Wildman–Crippen LogP) is 2.00. The number of halogens is 2. The molecule has 0 radical (unpaired) electrons. The van der Waals surface area contributed by atoms with Crippen LogP contribution in [0.25, 0.3) is 17.3 Å². The summed E-state index contributed by atoms with van der Waals surface area (Å²) in [6.07, 6.45) is 13.5. The molecular weight excluding hydrogens is 401 g/mol. The molecule has 0 saturated carbocycles. The van der Waals surface area contributed by atoms with Gasteiger partial charge in [-0.05, 0) is 32.0 Å². The van der Waals surface area contributed by atoms with Crippen LogP contribution in [0, 0.1) is 0 Å². The first-order valence-electron chi connectivity index (χ1n) is 8.79. The summed E-state index contributed by atoms with van der Waals surface area (Å²) in [6.45, 7) is 2.66. The van der Waals surface area contributed by atoms with E-state index < -0.39 is 0 Å². The lowest BCUT2D eigenvalue weighted by Crippen LogP contribution is -2.29. The van der Waals surface area contributed by atoms with Gasteiger partial charge in [0.15, 0.2) is 5.82 Å². The smallest absolute Gasteiger partial charge is 0.233 e. The fraction of sp³-hybridized carbons (Fsp3) is 0.353. The van der Waals surface area contributed by atoms with Crippen LogP contribution in [0.2, 0.25) is 0 Å². The first-order valence-corrected chi connectivity index (χ1v) is 8.79. The molecule has 148 valence electrons. The topological polar surface area (TPSA) is 90.8 Å². The van der Waals surface area contributed by atoms with E-state index in [0.29, 0.717) is 18.4 Å². The number of nitrogens with zero attached hydrogens (tertiary/aromatic N) is 8. The van der Waals surface area contributed by atoms with Crippen molar-refractivity contribution in [3.63, 3.8) is 0 Å². The third-order valence-corrected chi connectivity index (χ3v) is 4.76. The highest BCUT2D eigenvalue weighted by molar-refractivity contribution is 5.85. The van der Waals surface area contributed by atoms with Crippen molar-refractivity contribution in [3.05, 3.63) is 48.9 Å². The van der Waals surface area contributed by atoms with Gasteiger partial charge in [-0.15, -0.1) is 29.9 Å². The summed E-state index contributed by atoms with van der Waals surface area (Å²) in [6, 6.07) is 2.30. The summed E-state index contributed by atoms with van der Waals surface area (Å²) in [5.74, 6) is 1.50. The van der Waals surface area contributed by atoms with Crippen LogP contribution in [-0.4, -0.2) is 52.0 Å². The Bertz CT molecular complexity index is 999. The van der Waals surface area contributed by atoms with Gasteiger partial charge in [0.2, 0.25) is 5.78 Å². The Morgan fingerprint density at radius 3 is 2.71 bits per heavy atom. The van der Waals surface area contributed by atoms with Crippen molar-refractivity contribution in [1.29, 1.82) is 0 Å². The van der Waals surface area contributed by atoms with E-state index >= 15 is 0 Å². The molecule has 0 aliphatic carbocycles. The minimum atomic E-state index is 0. The number of hydrogen-bond acceptors (Lipinski definition) is 6. The van der Waals surface area contributed by atoms with E-state index in [4.69, 9.17) is 0 Å². The minimum absolute atomic E-state index is 0. The van der Waals surface area contributed by atoms with Crippen LogP contribution in [0.1, 0.15) is 24.6 Å². The van der Waals surface area contributed by atoms with Crippen molar-refractivity contribution >= 4 is 30.6 Å². The molecule has 0 aromatic carbocycles. The van der Waals surface area contributed by atoms with Gasteiger partial charge in [0.1, 0.15) is 5.69 Å². The Balaban J connectivity index is 0.00000112. The zero-order valence-electron chi connectivity index (χ0n) is 15.0. The summed E-state index contributed by atoms with van der Waals surface area (Å²) in [7, 11) is 0. The summed E-state index contributed by atoms with van der Waals surface area (Å²) in [4.78, 5) is 13.3. The lowest BCUT2D eigenvalue weighted by atomic mass is 10.1. The van der Waals surface area contributed by atoms with Crippen LogP contribution in [0.15, 0.2) is 43.2 Å². The summed E-state index contributed by atoms with van der Waals surface area (Å²) >= 11 is 0. The van der Waals surface area contributed by atoms with Crippen molar-refractivity contribution in [3.8, 4) is 11.5 Å². The Morgan fingerprint density at radius 2 is 1.89 bits per heavy atom. The lowest BCUT2D eigenvalue weighted by molar-refractivity contribution is 0.337. The third kappa shape index (κ3) is 3.87. The molecular formula is C17H21Cl2N9. The molecule has 1 N–H and O–H groups in total. The number of piperidine rings is 1. The summed E-state index contributed by atoms with van der Waals surface area (Å²) in [5, 5.41) is 12.1. The number of hydrogen-bond donors (Lipinski definition) is 1. The van der Waals surface area contributed by atoms with Gasteiger partial charge in [0.25, 0.3) is 0 Å². The molecule has 1 aliphatic rings. The van der Waals surface area contributed by atoms with Gasteiger partial charge in [0, 0.05) is 31.0 Å². The molecule has 0 atom stereocenters. The number of imidazole rings is 2. The van der Waals surface area contributed by atoms with Gasteiger partial charge in [-0.3, -0.25) is 4.40 Å². The summed E-state index contributed by atoms with van der Waals surface area (Å²) < 4.78 is 5.93. The molecule has 0 bridgehead atoms. The molecule has 28 heavy (non-hydrogen) atoms. The van der Waals surface area contributed by atoms with Crippen LogP contribution in [0.4, 0.5) is 0 Å². The first-order chi connectivity index (χ1) is 12.9. The first kappa shape index (κ1) is 20.2. The Kier molecular flexibility index (Phi) is 6.28. The van der Waals surface area contributed by atoms with Crippen LogP contribution in [0.3, 0.4) is 0 Å². The van der Waals surface area contributed by atoms with Crippen molar-refractivity contribution in [1.82, 2.24) is 44.2 Å². The second kappa shape index (κ2) is 8.68. The quantitative estimate of drug-likeness (QED) is 0.541. The predicted molar refractivity (Wildman–Crippen MR) is 109 cm³/mol. The van der Waals surface area contributed by atoms with Gasteiger partial charge in [0.05, 0.1) is 24.5 Å².